The van der Waals surface area contributed by atoms with E-state index in [1.54, 1.807) is 6.07 Å². The molecule has 8 heteroatoms. The number of carbonyl (C=O) groups excluding carboxylic acids is 1. The van der Waals surface area contributed by atoms with Crippen molar-refractivity contribution < 1.29 is 9.18 Å². The van der Waals surface area contributed by atoms with E-state index in [4.69, 9.17) is 0 Å². The number of amides is 1. The largest absolute Gasteiger partial charge is 0.323 e. The lowest BCUT2D eigenvalue weighted by atomic mass is 10.2. The maximum absolute atomic E-state index is 13.8. The van der Waals surface area contributed by atoms with Crippen molar-refractivity contribution in [1.82, 2.24) is 14.8 Å². The minimum absolute atomic E-state index is 0.114. The summed E-state index contributed by atoms with van der Waals surface area (Å²) in [5, 5.41) is 11.6. The summed E-state index contributed by atoms with van der Waals surface area (Å²) in [6, 6.07) is 14.3. The minimum Gasteiger partial charge on any atom is -0.323 e. The Balaban J connectivity index is 1.68. The van der Waals surface area contributed by atoms with Crippen LogP contribution in [-0.2, 0) is 11.3 Å². The number of rotatable bonds is 6. The summed E-state index contributed by atoms with van der Waals surface area (Å²) in [7, 11) is 0. The summed E-state index contributed by atoms with van der Waals surface area (Å²) >= 11 is 4.46. The lowest BCUT2D eigenvalue weighted by Gasteiger charge is -2.08. The lowest BCUT2D eigenvalue weighted by Crippen LogP contribution is -2.15. The molecule has 0 unspecified atom stereocenters. The van der Waals surface area contributed by atoms with E-state index in [0.29, 0.717) is 16.2 Å². The molecule has 0 bridgehead atoms. The molecule has 1 N–H and O–H groups in total. The first-order valence-electron chi connectivity index (χ1n) is 7.94. The molecule has 3 rings (SSSR count). The molecule has 0 aliphatic heterocycles. The fraction of sp³-hybridized carbons (Fsp3) is 0.167. The van der Waals surface area contributed by atoms with Crippen LogP contribution in [0.4, 0.5) is 10.1 Å². The molecule has 1 heterocycles. The van der Waals surface area contributed by atoms with E-state index in [0.717, 1.165) is 11.4 Å². The summed E-state index contributed by atoms with van der Waals surface area (Å²) in [6.07, 6.45) is 0. The molecular weight excluding hydrogens is 419 g/mol. The van der Waals surface area contributed by atoms with Crippen molar-refractivity contribution >= 4 is 39.3 Å². The van der Waals surface area contributed by atoms with Crippen molar-refractivity contribution in [3.05, 3.63) is 58.8 Å². The van der Waals surface area contributed by atoms with Crippen molar-refractivity contribution in [3.63, 3.8) is 0 Å². The molecule has 0 aliphatic rings. The molecule has 3 aromatic rings. The molecule has 0 atom stereocenters. The predicted octanol–water partition coefficient (Wildman–Crippen LogP) is 4.60. The van der Waals surface area contributed by atoms with Gasteiger partial charge in [-0.2, -0.15) is 0 Å². The van der Waals surface area contributed by atoms with Crippen LogP contribution in [0.3, 0.4) is 0 Å². The number of halogens is 2. The fourth-order valence-corrected chi connectivity index (χ4v) is 3.52. The van der Waals surface area contributed by atoms with Gasteiger partial charge in [-0.1, -0.05) is 58.0 Å². The second-order valence-electron chi connectivity index (χ2n) is 5.38. The van der Waals surface area contributed by atoms with E-state index in [1.165, 1.54) is 23.9 Å². The Morgan fingerprint density at radius 2 is 2.00 bits per heavy atom. The zero-order valence-corrected chi connectivity index (χ0v) is 16.3. The van der Waals surface area contributed by atoms with E-state index < -0.39 is 5.82 Å². The van der Waals surface area contributed by atoms with E-state index >= 15 is 0 Å². The monoisotopic (exact) mass is 434 g/mol. The molecule has 0 aliphatic carbocycles. The first kappa shape index (κ1) is 18.6. The number of aromatic nitrogens is 3. The average Bonchev–Trinajstić information content (AvgIpc) is 3.06. The second kappa shape index (κ2) is 8.46. The van der Waals surface area contributed by atoms with Gasteiger partial charge in [-0.3, -0.25) is 4.79 Å². The summed E-state index contributed by atoms with van der Waals surface area (Å²) in [4.78, 5) is 12.1. The highest BCUT2D eigenvalue weighted by atomic mass is 79.9. The zero-order chi connectivity index (χ0) is 18.5. The molecule has 0 spiro atoms. The molecular formula is C18H16BrFN4OS. The van der Waals surface area contributed by atoms with Crippen LogP contribution in [0.1, 0.15) is 6.92 Å². The van der Waals surface area contributed by atoms with Gasteiger partial charge in [0, 0.05) is 16.6 Å². The number of benzene rings is 2. The Morgan fingerprint density at radius 3 is 2.69 bits per heavy atom. The van der Waals surface area contributed by atoms with Gasteiger partial charge in [0.1, 0.15) is 5.82 Å². The number of thioether (sulfide) groups is 1. The Bertz CT molecular complexity index is 917. The Morgan fingerprint density at radius 1 is 1.23 bits per heavy atom. The predicted molar refractivity (Wildman–Crippen MR) is 105 cm³/mol. The molecule has 134 valence electrons. The van der Waals surface area contributed by atoms with Gasteiger partial charge in [-0.15, -0.1) is 10.2 Å². The third-order valence-corrected chi connectivity index (χ3v) is 5.06. The maximum Gasteiger partial charge on any atom is 0.234 e. The first-order chi connectivity index (χ1) is 12.6. The van der Waals surface area contributed by atoms with Crippen molar-refractivity contribution in [2.75, 3.05) is 11.1 Å². The Labute approximate surface area is 163 Å². The van der Waals surface area contributed by atoms with Gasteiger partial charge in [0.25, 0.3) is 0 Å². The molecule has 0 fully saturated rings. The van der Waals surface area contributed by atoms with Crippen molar-refractivity contribution in [2.45, 2.75) is 18.6 Å². The maximum atomic E-state index is 13.8. The van der Waals surface area contributed by atoms with Crippen LogP contribution in [0.25, 0.3) is 11.4 Å². The van der Waals surface area contributed by atoms with Gasteiger partial charge in [-0.05, 0) is 25.1 Å². The molecule has 0 saturated carbocycles. The molecule has 0 saturated heterocycles. The number of anilines is 1. The highest BCUT2D eigenvalue weighted by molar-refractivity contribution is 9.10. The van der Waals surface area contributed by atoms with Crippen LogP contribution in [0, 0.1) is 5.82 Å². The average molecular weight is 435 g/mol. The van der Waals surface area contributed by atoms with Crippen molar-refractivity contribution in [2.24, 2.45) is 0 Å². The minimum atomic E-state index is -0.485. The number of carbonyl (C=O) groups is 1. The summed E-state index contributed by atoms with van der Waals surface area (Å²) in [6.45, 7) is 2.68. The number of nitrogens with zero attached hydrogens (tertiary/aromatic N) is 3. The second-order valence-corrected chi connectivity index (χ2v) is 7.24. The SMILES string of the molecule is CCn1c(SCC(=O)Nc2ccc(Br)cc2F)nnc1-c1ccccc1. The normalized spacial score (nSPS) is 10.7. The third-order valence-electron chi connectivity index (χ3n) is 3.60. The smallest absolute Gasteiger partial charge is 0.234 e. The van der Waals surface area contributed by atoms with Crippen LogP contribution < -0.4 is 5.32 Å². The fourth-order valence-electron chi connectivity index (χ4n) is 2.39. The van der Waals surface area contributed by atoms with Crippen LogP contribution in [0.15, 0.2) is 58.2 Å². The Hall–Kier alpha value is -2.19. The molecule has 1 aromatic heterocycles. The van der Waals surface area contributed by atoms with Crippen molar-refractivity contribution in [1.29, 1.82) is 0 Å². The van der Waals surface area contributed by atoms with Crippen LogP contribution in [0.5, 0.6) is 0 Å². The zero-order valence-electron chi connectivity index (χ0n) is 13.9. The summed E-state index contributed by atoms with van der Waals surface area (Å²) in [5.41, 5.74) is 1.12. The summed E-state index contributed by atoms with van der Waals surface area (Å²) in [5.74, 6) is 0.0847. The molecule has 5 nitrogen and oxygen atoms in total. The Kier molecular flexibility index (Phi) is 6.05. The van der Waals surface area contributed by atoms with Gasteiger partial charge in [-0.25, -0.2) is 4.39 Å². The highest BCUT2D eigenvalue weighted by Crippen LogP contribution is 2.24. The van der Waals surface area contributed by atoms with Crippen LogP contribution >= 0.6 is 27.7 Å². The van der Waals surface area contributed by atoms with Crippen LogP contribution in [0.2, 0.25) is 0 Å². The number of nitrogens with one attached hydrogen (secondary N) is 1. The van der Waals surface area contributed by atoms with E-state index in [9.17, 15) is 9.18 Å². The summed E-state index contributed by atoms with van der Waals surface area (Å²) < 4.78 is 16.4. The number of hydrogen-bond acceptors (Lipinski definition) is 4. The van der Waals surface area contributed by atoms with E-state index in [2.05, 4.69) is 31.4 Å². The van der Waals surface area contributed by atoms with E-state index in [-0.39, 0.29) is 17.3 Å². The quantitative estimate of drug-likeness (QED) is 0.575. The third kappa shape index (κ3) is 4.31. The van der Waals surface area contributed by atoms with Crippen molar-refractivity contribution in [3.8, 4) is 11.4 Å². The van der Waals surface area contributed by atoms with E-state index in [1.807, 2.05) is 41.8 Å². The topological polar surface area (TPSA) is 59.8 Å². The highest BCUT2D eigenvalue weighted by Gasteiger charge is 2.15. The molecule has 2 aromatic carbocycles. The van der Waals surface area contributed by atoms with Crippen LogP contribution in [-0.4, -0.2) is 26.4 Å². The first-order valence-corrected chi connectivity index (χ1v) is 9.72. The molecule has 0 radical (unpaired) electrons. The molecule has 26 heavy (non-hydrogen) atoms. The van der Waals surface area contributed by atoms with Gasteiger partial charge in [0.15, 0.2) is 11.0 Å². The van der Waals surface area contributed by atoms with Gasteiger partial charge in [0.05, 0.1) is 11.4 Å². The lowest BCUT2D eigenvalue weighted by molar-refractivity contribution is -0.113. The van der Waals surface area contributed by atoms with Gasteiger partial charge < -0.3 is 9.88 Å². The van der Waals surface area contributed by atoms with Gasteiger partial charge in [0.2, 0.25) is 5.91 Å². The van der Waals surface area contributed by atoms with Gasteiger partial charge >= 0.3 is 0 Å². The number of hydrogen-bond donors (Lipinski definition) is 1. The standard InChI is InChI=1S/C18H16BrFN4OS/c1-2-24-17(12-6-4-3-5-7-12)22-23-18(24)26-11-16(25)21-15-9-8-13(19)10-14(15)20/h3-10H,2,11H2,1H3,(H,21,25). The molecule has 1 amide bonds.